The molecule has 0 aliphatic heterocycles. The minimum absolute atomic E-state index is 0.928. The number of aliphatic imine (C=N–C) groups is 2. The second-order valence-electron chi connectivity index (χ2n) is 7.67. The van der Waals surface area contributed by atoms with Crippen molar-refractivity contribution in [3.63, 3.8) is 0 Å². The molecule has 0 spiro atoms. The van der Waals surface area contributed by atoms with Crippen molar-refractivity contribution in [1.82, 2.24) is 0 Å². The summed E-state index contributed by atoms with van der Waals surface area (Å²) in [6, 6.07) is 26.2. The van der Waals surface area contributed by atoms with E-state index in [1.54, 1.807) is 7.05 Å². The lowest BCUT2D eigenvalue weighted by atomic mass is 10.00. The molecule has 0 heterocycles. The number of hydrogen-bond acceptors (Lipinski definition) is 4. The minimum atomic E-state index is 0.928. The third-order valence-electron chi connectivity index (χ3n) is 5.26. The maximum atomic E-state index is 6.00. The molecule has 0 bridgehead atoms. The first-order valence-electron chi connectivity index (χ1n) is 10.5. The molecule has 4 rings (SSSR count). The quantitative estimate of drug-likeness (QED) is 0.280. The van der Waals surface area contributed by atoms with Gasteiger partial charge in [0, 0.05) is 7.05 Å². The van der Waals surface area contributed by atoms with Crippen LogP contribution in [-0.4, -0.2) is 29.0 Å². The van der Waals surface area contributed by atoms with Crippen LogP contribution in [0.5, 0.6) is 0 Å². The Morgan fingerprint density at radius 3 is 1.38 bits per heavy atom. The van der Waals surface area contributed by atoms with Crippen molar-refractivity contribution in [3.05, 3.63) is 125 Å². The van der Waals surface area contributed by atoms with Crippen molar-refractivity contribution >= 4 is 17.1 Å². The first kappa shape index (κ1) is 23.1. The van der Waals surface area contributed by atoms with E-state index in [-0.39, 0.29) is 0 Å². The van der Waals surface area contributed by atoms with E-state index < -0.39 is 0 Å². The summed E-state index contributed by atoms with van der Waals surface area (Å²) in [5, 5.41) is 12.0. The average molecular weight is 425 g/mol. The van der Waals surface area contributed by atoms with Crippen molar-refractivity contribution in [3.8, 4) is 0 Å². The molecule has 162 valence electrons. The van der Waals surface area contributed by atoms with Gasteiger partial charge in [0.15, 0.2) is 0 Å². The van der Waals surface area contributed by atoms with Crippen LogP contribution in [0.15, 0.2) is 107 Å². The van der Waals surface area contributed by atoms with E-state index in [0.29, 0.717) is 0 Å². The molecule has 3 aromatic rings. The van der Waals surface area contributed by atoms with Crippen LogP contribution >= 0.6 is 0 Å². The molecule has 32 heavy (non-hydrogen) atoms. The number of allylic oxidation sites excluding steroid dienone is 4. The number of benzene rings is 3. The van der Waals surface area contributed by atoms with Crippen LogP contribution in [-0.2, 0) is 12.8 Å². The number of hydrogen-bond donors (Lipinski definition) is 2. The lowest BCUT2D eigenvalue weighted by Gasteiger charge is -2.06. The zero-order chi connectivity index (χ0) is 22.8. The van der Waals surface area contributed by atoms with Crippen LogP contribution in [0.2, 0.25) is 0 Å². The smallest absolute Gasteiger partial charge is 0.0638 e. The van der Waals surface area contributed by atoms with Crippen molar-refractivity contribution < 1.29 is 10.5 Å². The van der Waals surface area contributed by atoms with Gasteiger partial charge in [0.05, 0.1) is 17.1 Å². The highest BCUT2D eigenvalue weighted by Gasteiger charge is 2.02. The zero-order valence-electron chi connectivity index (χ0n) is 18.4. The van der Waals surface area contributed by atoms with Crippen LogP contribution < -0.4 is 0 Å². The van der Waals surface area contributed by atoms with Gasteiger partial charge >= 0.3 is 0 Å². The molecule has 0 radical (unpaired) electrons. The van der Waals surface area contributed by atoms with Gasteiger partial charge in [0.25, 0.3) is 0 Å². The maximum Gasteiger partial charge on any atom is 0.0638 e. The summed E-state index contributed by atoms with van der Waals surface area (Å²) in [7, 11) is 1.79. The van der Waals surface area contributed by atoms with Crippen LogP contribution in [0.4, 0.5) is 5.69 Å². The van der Waals surface area contributed by atoms with Gasteiger partial charge in [-0.1, -0.05) is 66.2 Å². The third kappa shape index (κ3) is 6.71. The fourth-order valence-electron chi connectivity index (χ4n) is 3.47. The van der Waals surface area contributed by atoms with Gasteiger partial charge < -0.3 is 0 Å². The number of rotatable bonds is 5. The van der Waals surface area contributed by atoms with Gasteiger partial charge in [-0.15, -0.1) is 0 Å². The molecule has 0 atom stereocenters. The van der Waals surface area contributed by atoms with Gasteiger partial charge in [-0.2, -0.15) is 0 Å². The fraction of sp³-hybridized carbons (Fsp3) is 0.143. The van der Waals surface area contributed by atoms with Crippen molar-refractivity contribution in [2.45, 2.75) is 19.8 Å². The maximum absolute atomic E-state index is 6.00. The molecule has 0 saturated carbocycles. The molecule has 4 heteroatoms. The molecule has 3 aromatic carbocycles. The Hall–Kier alpha value is -3.60. The predicted molar refractivity (Wildman–Crippen MR) is 134 cm³/mol. The van der Waals surface area contributed by atoms with Crippen LogP contribution in [0.25, 0.3) is 0 Å². The summed E-state index contributed by atoms with van der Waals surface area (Å²) >= 11 is 0. The highest BCUT2D eigenvalue weighted by molar-refractivity contribution is 6.18. The SMILES string of the molecule is CN=C1C=CC(=Nc2ccc(Cc3ccc(Cc4ccc(C)cc4)cc3)cc2)C=C1.OO. The summed E-state index contributed by atoms with van der Waals surface area (Å²) in [6.45, 7) is 2.12. The molecular formula is C28H28N2O2. The van der Waals surface area contributed by atoms with E-state index >= 15 is 0 Å². The van der Waals surface area contributed by atoms with E-state index in [4.69, 9.17) is 10.5 Å². The van der Waals surface area contributed by atoms with Crippen LogP contribution in [0, 0.1) is 6.92 Å². The van der Waals surface area contributed by atoms with E-state index in [2.05, 4.69) is 89.7 Å². The molecule has 1 aliphatic carbocycles. The Bertz CT molecular complexity index is 1100. The highest BCUT2D eigenvalue weighted by atomic mass is 17.0. The lowest BCUT2D eigenvalue weighted by molar-refractivity contribution is -0.176. The second-order valence-corrected chi connectivity index (χ2v) is 7.67. The summed E-state index contributed by atoms with van der Waals surface area (Å²) in [5.74, 6) is 0. The largest absolute Gasteiger partial charge is 0.289 e. The molecule has 4 nitrogen and oxygen atoms in total. The number of nitrogens with zero attached hydrogens (tertiary/aromatic N) is 2. The monoisotopic (exact) mass is 424 g/mol. The molecule has 0 amide bonds. The van der Waals surface area contributed by atoms with Crippen molar-refractivity contribution in [2.24, 2.45) is 9.98 Å². The molecule has 0 aromatic heterocycles. The molecular weight excluding hydrogens is 396 g/mol. The normalized spacial score (nSPS) is 12.2. The molecule has 0 unspecified atom stereocenters. The summed E-state index contributed by atoms with van der Waals surface area (Å²) in [6.07, 6.45) is 9.86. The van der Waals surface area contributed by atoms with Gasteiger partial charge in [0.2, 0.25) is 0 Å². The molecule has 0 saturated heterocycles. The fourth-order valence-corrected chi connectivity index (χ4v) is 3.47. The third-order valence-corrected chi connectivity index (χ3v) is 5.26. The molecule has 2 N–H and O–H groups in total. The van der Waals surface area contributed by atoms with Crippen molar-refractivity contribution in [2.75, 3.05) is 7.05 Å². The van der Waals surface area contributed by atoms with Crippen LogP contribution in [0.1, 0.15) is 27.8 Å². The summed E-state index contributed by atoms with van der Waals surface area (Å²) < 4.78 is 0. The predicted octanol–water partition coefficient (Wildman–Crippen LogP) is 6.46. The first-order valence-corrected chi connectivity index (χ1v) is 10.5. The standard InChI is InChI=1S/C28H26N2.H2O2/c1-21-3-5-22(6-4-21)19-23-7-9-24(10-8-23)20-25-11-13-27(14-12-25)30-28-17-15-26(29-2)16-18-28;1-2/h3-18H,19-20H2,1-2H3;1-2H. The Morgan fingerprint density at radius 1 is 0.562 bits per heavy atom. The van der Waals surface area contributed by atoms with E-state index in [0.717, 1.165) is 30.0 Å². The minimum Gasteiger partial charge on any atom is -0.289 e. The van der Waals surface area contributed by atoms with E-state index in [1.807, 2.05) is 24.3 Å². The second kappa shape index (κ2) is 11.7. The Balaban J connectivity index is 0.00000141. The van der Waals surface area contributed by atoms with Crippen LogP contribution in [0.3, 0.4) is 0 Å². The molecule has 0 fully saturated rings. The Kier molecular flexibility index (Phi) is 8.44. The Morgan fingerprint density at radius 2 is 0.938 bits per heavy atom. The summed E-state index contributed by atoms with van der Waals surface area (Å²) in [5.41, 5.74) is 9.50. The first-order chi connectivity index (χ1) is 15.7. The van der Waals surface area contributed by atoms with Gasteiger partial charge in [-0.05, 0) is 78.5 Å². The van der Waals surface area contributed by atoms with Gasteiger partial charge in [-0.3, -0.25) is 15.5 Å². The van der Waals surface area contributed by atoms with Crippen molar-refractivity contribution in [1.29, 1.82) is 0 Å². The van der Waals surface area contributed by atoms with Gasteiger partial charge in [-0.25, -0.2) is 4.99 Å². The highest BCUT2D eigenvalue weighted by Crippen LogP contribution is 2.18. The Labute approximate surface area is 189 Å². The topological polar surface area (TPSA) is 65.2 Å². The number of aryl methyl sites for hydroxylation is 1. The van der Waals surface area contributed by atoms with E-state index in [9.17, 15) is 0 Å². The zero-order valence-corrected chi connectivity index (χ0v) is 18.4. The lowest BCUT2D eigenvalue weighted by Crippen LogP contribution is -1.99. The summed E-state index contributed by atoms with van der Waals surface area (Å²) in [4.78, 5) is 8.84. The molecule has 1 aliphatic rings. The van der Waals surface area contributed by atoms with E-state index in [1.165, 1.54) is 27.8 Å². The van der Waals surface area contributed by atoms with Gasteiger partial charge in [0.1, 0.15) is 0 Å². The average Bonchev–Trinajstić information content (AvgIpc) is 2.85.